The fraction of sp³-hybridized carbons (Fsp3) is 0.500. The zero-order valence-electron chi connectivity index (χ0n) is 9.22. The number of hydrogen-bond acceptors (Lipinski definition) is 2. The maximum Gasteiger partial charge on any atom is 0.142 e. The molecule has 3 heteroatoms. The second kappa shape index (κ2) is 4.42. The van der Waals surface area contributed by atoms with Crippen LogP contribution in [-0.4, -0.2) is 24.6 Å². The maximum absolute atomic E-state index is 6.17. The van der Waals surface area contributed by atoms with Crippen LogP contribution in [0.5, 0.6) is 5.75 Å². The quantitative estimate of drug-likeness (QED) is 0.729. The van der Waals surface area contributed by atoms with E-state index in [4.69, 9.17) is 16.3 Å². The Hall–Kier alpha value is -0.730. The molecule has 0 aliphatic carbocycles. The van der Waals surface area contributed by atoms with Gasteiger partial charge in [0.2, 0.25) is 0 Å². The van der Waals surface area contributed by atoms with Gasteiger partial charge in [0.25, 0.3) is 0 Å². The van der Waals surface area contributed by atoms with E-state index in [2.05, 4.69) is 24.8 Å². The van der Waals surface area contributed by atoms with Gasteiger partial charge in [-0.05, 0) is 25.1 Å². The Morgan fingerprint density at radius 3 is 3.00 bits per heavy atom. The number of nitrogens with zero attached hydrogens (tertiary/aromatic N) is 1. The number of hydrogen-bond donors (Lipinski definition) is 0. The number of likely N-dealkylation sites (N-methyl/N-ethyl adjacent to an activating group) is 1. The SMILES string of the molecule is CCN1CCOc2c(Cl)cc(C)cc2C1. The fourth-order valence-electron chi connectivity index (χ4n) is 1.95. The van der Waals surface area contributed by atoms with Crippen molar-refractivity contribution in [3.63, 3.8) is 0 Å². The Morgan fingerprint density at radius 1 is 1.47 bits per heavy atom. The van der Waals surface area contributed by atoms with Crippen LogP contribution in [0.2, 0.25) is 5.02 Å². The Labute approximate surface area is 95.8 Å². The smallest absolute Gasteiger partial charge is 0.142 e. The number of benzene rings is 1. The Kier molecular flexibility index (Phi) is 3.17. The lowest BCUT2D eigenvalue weighted by Gasteiger charge is -2.16. The predicted molar refractivity (Wildman–Crippen MR) is 62.6 cm³/mol. The molecule has 0 atom stereocenters. The molecule has 0 saturated carbocycles. The van der Waals surface area contributed by atoms with E-state index >= 15 is 0 Å². The summed E-state index contributed by atoms with van der Waals surface area (Å²) in [6, 6.07) is 4.12. The molecule has 0 bridgehead atoms. The molecule has 1 aliphatic heterocycles. The molecule has 1 aliphatic rings. The van der Waals surface area contributed by atoms with Gasteiger partial charge in [-0.3, -0.25) is 4.90 Å². The molecule has 0 saturated heterocycles. The van der Waals surface area contributed by atoms with Crippen molar-refractivity contribution in [1.29, 1.82) is 0 Å². The largest absolute Gasteiger partial charge is 0.490 e. The summed E-state index contributed by atoms with van der Waals surface area (Å²) in [6.07, 6.45) is 0. The number of ether oxygens (including phenoxy) is 1. The van der Waals surface area contributed by atoms with Gasteiger partial charge >= 0.3 is 0 Å². The van der Waals surface area contributed by atoms with Gasteiger partial charge in [-0.15, -0.1) is 0 Å². The molecule has 0 fully saturated rings. The van der Waals surface area contributed by atoms with Gasteiger partial charge < -0.3 is 4.74 Å². The molecule has 1 aromatic rings. The minimum absolute atomic E-state index is 0.726. The molecular formula is C12H16ClNO. The van der Waals surface area contributed by atoms with Gasteiger partial charge in [-0.1, -0.05) is 24.6 Å². The van der Waals surface area contributed by atoms with Crippen LogP contribution in [0.25, 0.3) is 0 Å². The molecule has 1 aromatic carbocycles. The van der Waals surface area contributed by atoms with Crippen LogP contribution >= 0.6 is 11.6 Å². The molecule has 0 spiro atoms. The van der Waals surface area contributed by atoms with Gasteiger partial charge in [0.05, 0.1) is 5.02 Å². The molecule has 0 N–H and O–H groups in total. The van der Waals surface area contributed by atoms with Crippen LogP contribution < -0.4 is 4.74 Å². The van der Waals surface area contributed by atoms with Crippen molar-refractivity contribution >= 4 is 11.6 Å². The first-order chi connectivity index (χ1) is 7.20. The minimum atomic E-state index is 0.726. The predicted octanol–water partition coefficient (Wildman–Crippen LogP) is 2.86. The second-order valence-electron chi connectivity index (χ2n) is 3.95. The van der Waals surface area contributed by atoms with Crippen LogP contribution in [0.4, 0.5) is 0 Å². The van der Waals surface area contributed by atoms with Crippen molar-refractivity contribution in [3.8, 4) is 5.75 Å². The molecule has 2 rings (SSSR count). The lowest BCUT2D eigenvalue weighted by Crippen LogP contribution is -2.25. The first kappa shape index (κ1) is 10.8. The lowest BCUT2D eigenvalue weighted by atomic mass is 10.1. The van der Waals surface area contributed by atoms with Crippen LogP contribution in [-0.2, 0) is 6.54 Å². The number of halogens is 1. The number of rotatable bonds is 1. The fourth-order valence-corrected chi connectivity index (χ4v) is 2.29. The molecular weight excluding hydrogens is 210 g/mol. The molecule has 0 aromatic heterocycles. The molecule has 2 nitrogen and oxygen atoms in total. The van der Waals surface area contributed by atoms with Gasteiger partial charge in [-0.25, -0.2) is 0 Å². The summed E-state index contributed by atoms with van der Waals surface area (Å²) in [7, 11) is 0. The second-order valence-corrected chi connectivity index (χ2v) is 4.36. The highest BCUT2D eigenvalue weighted by Gasteiger charge is 2.16. The third-order valence-corrected chi connectivity index (χ3v) is 3.04. The van der Waals surface area contributed by atoms with E-state index in [1.54, 1.807) is 0 Å². The van der Waals surface area contributed by atoms with E-state index in [-0.39, 0.29) is 0 Å². The molecule has 0 amide bonds. The van der Waals surface area contributed by atoms with E-state index in [1.807, 2.05) is 6.07 Å². The molecule has 0 radical (unpaired) electrons. The average molecular weight is 226 g/mol. The Balaban J connectivity index is 2.38. The van der Waals surface area contributed by atoms with Gasteiger partial charge in [0.15, 0.2) is 0 Å². The van der Waals surface area contributed by atoms with E-state index in [1.165, 1.54) is 11.1 Å². The van der Waals surface area contributed by atoms with Crippen molar-refractivity contribution in [1.82, 2.24) is 4.90 Å². The van der Waals surface area contributed by atoms with Crippen LogP contribution in [0.3, 0.4) is 0 Å². The van der Waals surface area contributed by atoms with Crippen molar-refractivity contribution in [2.24, 2.45) is 0 Å². The summed E-state index contributed by atoms with van der Waals surface area (Å²) in [5.74, 6) is 0.873. The van der Waals surface area contributed by atoms with Crippen molar-refractivity contribution in [3.05, 3.63) is 28.3 Å². The summed E-state index contributed by atoms with van der Waals surface area (Å²) in [4.78, 5) is 2.36. The standard InChI is InChI=1S/C12H16ClNO/c1-3-14-4-5-15-12-10(8-14)6-9(2)7-11(12)13/h6-7H,3-5,8H2,1-2H3. The molecule has 0 unspecified atom stereocenters. The lowest BCUT2D eigenvalue weighted by molar-refractivity contribution is 0.234. The summed E-state index contributed by atoms with van der Waals surface area (Å²) < 4.78 is 5.69. The number of aryl methyl sites for hydroxylation is 1. The Morgan fingerprint density at radius 2 is 2.27 bits per heavy atom. The zero-order valence-corrected chi connectivity index (χ0v) is 9.97. The summed E-state index contributed by atoms with van der Waals surface area (Å²) >= 11 is 6.17. The van der Waals surface area contributed by atoms with Gasteiger partial charge in [0, 0.05) is 18.7 Å². The molecule has 15 heavy (non-hydrogen) atoms. The third-order valence-electron chi connectivity index (χ3n) is 2.76. The van der Waals surface area contributed by atoms with Crippen LogP contribution in [0, 0.1) is 6.92 Å². The van der Waals surface area contributed by atoms with Gasteiger partial charge in [0.1, 0.15) is 12.4 Å². The van der Waals surface area contributed by atoms with Crippen LogP contribution in [0.15, 0.2) is 12.1 Å². The first-order valence-electron chi connectivity index (χ1n) is 5.35. The monoisotopic (exact) mass is 225 g/mol. The summed E-state index contributed by atoms with van der Waals surface area (Å²) in [6.45, 7) is 7.92. The van der Waals surface area contributed by atoms with E-state index in [9.17, 15) is 0 Å². The first-order valence-corrected chi connectivity index (χ1v) is 5.72. The van der Waals surface area contributed by atoms with Crippen molar-refractivity contribution < 1.29 is 4.74 Å². The maximum atomic E-state index is 6.17. The summed E-state index contributed by atoms with van der Waals surface area (Å²) in [5, 5.41) is 0.739. The van der Waals surface area contributed by atoms with E-state index in [0.717, 1.165) is 37.0 Å². The zero-order chi connectivity index (χ0) is 10.8. The highest BCUT2D eigenvalue weighted by Crippen LogP contribution is 2.32. The topological polar surface area (TPSA) is 12.5 Å². The minimum Gasteiger partial charge on any atom is -0.490 e. The van der Waals surface area contributed by atoms with Crippen LogP contribution in [0.1, 0.15) is 18.1 Å². The number of fused-ring (bicyclic) bond motifs is 1. The highest BCUT2D eigenvalue weighted by atomic mass is 35.5. The molecule has 82 valence electrons. The molecule has 1 heterocycles. The van der Waals surface area contributed by atoms with E-state index in [0.29, 0.717) is 0 Å². The summed E-state index contributed by atoms with van der Waals surface area (Å²) in [5.41, 5.74) is 2.40. The Bertz CT molecular complexity index is 365. The van der Waals surface area contributed by atoms with Gasteiger partial charge in [-0.2, -0.15) is 0 Å². The van der Waals surface area contributed by atoms with Crippen molar-refractivity contribution in [2.45, 2.75) is 20.4 Å². The average Bonchev–Trinajstić information content (AvgIpc) is 2.39. The van der Waals surface area contributed by atoms with E-state index < -0.39 is 0 Å². The normalized spacial score (nSPS) is 16.7. The highest BCUT2D eigenvalue weighted by molar-refractivity contribution is 6.32. The van der Waals surface area contributed by atoms with Crippen molar-refractivity contribution in [2.75, 3.05) is 19.7 Å². The third kappa shape index (κ3) is 2.27.